The highest BCUT2D eigenvalue weighted by atomic mass is 16.5. The second-order valence-corrected chi connectivity index (χ2v) is 8.30. The maximum Gasteiger partial charge on any atom is 0.327 e. The molecule has 2 aliphatic heterocycles. The van der Waals surface area contributed by atoms with Crippen LogP contribution >= 0.6 is 0 Å². The van der Waals surface area contributed by atoms with Crippen molar-refractivity contribution in [2.45, 2.75) is 18.5 Å². The van der Waals surface area contributed by atoms with Gasteiger partial charge in [0.1, 0.15) is 6.04 Å². The summed E-state index contributed by atoms with van der Waals surface area (Å²) < 4.78 is 16.5. The molecule has 0 aromatic heterocycles. The summed E-state index contributed by atoms with van der Waals surface area (Å²) in [5.41, 5.74) is 6.56. The van der Waals surface area contributed by atoms with Crippen LogP contribution < -0.4 is 9.47 Å². The summed E-state index contributed by atoms with van der Waals surface area (Å²) in [5, 5.41) is 0. The lowest BCUT2D eigenvalue weighted by molar-refractivity contribution is -0.148. The predicted octanol–water partition coefficient (Wildman–Crippen LogP) is 4.96. The summed E-state index contributed by atoms with van der Waals surface area (Å²) in [6.45, 7) is 0.722. The van der Waals surface area contributed by atoms with Crippen molar-refractivity contribution in [1.82, 2.24) is 4.90 Å². The quantitative estimate of drug-likeness (QED) is 0.536. The molecule has 0 aliphatic carbocycles. The molecule has 3 aromatic carbocycles. The van der Waals surface area contributed by atoms with Gasteiger partial charge in [0.25, 0.3) is 0 Å². The Morgan fingerprint density at radius 1 is 0.879 bits per heavy atom. The number of fused-ring (bicyclic) bond motifs is 4. The number of methoxy groups -OCH3 is 3. The zero-order valence-electron chi connectivity index (χ0n) is 19.1. The number of rotatable bonds is 4. The number of carbonyl (C=O) groups is 1. The van der Waals surface area contributed by atoms with Gasteiger partial charge in [-0.25, -0.2) is 4.79 Å². The molecule has 168 valence electrons. The van der Waals surface area contributed by atoms with Gasteiger partial charge in [0.05, 0.1) is 27.4 Å². The Balaban J connectivity index is 1.78. The molecule has 0 saturated carbocycles. The number of nitrogens with zero attached hydrogens (tertiary/aromatic N) is 1. The highest BCUT2D eigenvalue weighted by Gasteiger charge is 2.40. The number of hydrogen-bond donors (Lipinski definition) is 0. The number of ether oxygens (including phenoxy) is 3. The molecule has 0 amide bonds. The topological polar surface area (TPSA) is 48.0 Å². The number of esters is 1. The second-order valence-electron chi connectivity index (χ2n) is 8.30. The standard InChI is InChI=1S/C28H27NO4/c1-31-25-15-19-13-14-29-24(23(19)17-26(25)32-2)16-22(18-9-5-4-6-10-18)20-11-7-8-12-21(20)27(29)28(30)33-3/h4-12,15-17,24,27H,13-14H2,1-3H3/t24?,27-/m0/s1. The van der Waals surface area contributed by atoms with Crippen LogP contribution in [0.4, 0.5) is 0 Å². The van der Waals surface area contributed by atoms with Gasteiger partial charge >= 0.3 is 5.97 Å². The molecular weight excluding hydrogens is 414 g/mol. The summed E-state index contributed by atoms with van der Waals surface area (Å²) in [6.07, 6.45) is 3.08. The predicted molar refractivity (Wildman–Crippen MR) is 127 cm³/mol. The van der Waals surface area contributed by atoms with E-state index < -0.39 is 6.04 Å². The molecule has 0 radical (unpaired) electrons. The zero-order chi connectivity index (χ0) is 22.9. The monoisotopic (exact) mass is 441 g/mol. The molecule has 5 nitrogen and oxygen atoms in total. The highest BCUT2D eigenvalue weighted by molar-refractivity contribution is 5.87. The van der Waals surface area contributed by atoms with Crippen LogP contribution in [0.3, 0.4) is 0 Å². The van der Waals surface area contributed by atoms with E-state index in [1.165, 1.54) is 12.7 Å². The molecule has 0 N–H and O–H groups in total. The van der Waals surface area contributed by atoms with Gasteiger partial charge in [-0.15, -0.1) is 0 Å². The molecule has 0 spiro atoms. The fourth-order valence-corrected chi connectivity index (χ4v) is 5.12. The molecule has 33 heavy (non-hydrogen) atoms. The van der Waals surface area contributed by atoms with E-state index >= 15 is 0 Å². The number of carbonyl (C=O) groups excluding carboxylic acids is 1. The minimum absolute atomic E-state index is 0.125. The van der Waals surface area contributed by atoms with Crippen LogP contribution in [0, 0.1) is 0 Å². The number of hydrogen-bond acceptors (Lipinski definition) is 5. The summed E-state index contributed by atoms with van der Waals surface area (Å²) in [4.78, 5) is 15.4. The molecule has 5 rings (SSSR count). The summed E-state index contributed by atoms with van der Waals surface area (Å²) >= 11 is 0. The average molecular weight is 442 g/mol. The van der Waals surface area contributed by atoms with Crippen molar-refractivity contribution in [3.05, 3.63) is 101 Å². The van der Waals surface area contributed by atoms with Crippen LogP contribution in [0.5, 0.6) is 11.5 Å². The van der Waals surface area contributed by atoms with Crippen molar-refractivity contribution < 1.29 is 19.0 Å². The fourth-order valence-electron chi connectivity index (χ4n) is 5.12. The summed E-state index contributed by atoms with van der Waals surface area (Å²) in [7, 11) is 4.76. The SMILES string of the molecule is COC(=O)[C@@H]1c2ccccc2C(c2ccccc2)=CC2c3cc(OC)c(OC)cc3CCN21. The Labute approximate surface area is 194 Å². The Morgan fingerprint density at radius 3 is 2.30 bits per heavy atom. The van der Waals surface area contributed by atoms with E-state index in [-0.39, 0.29) is 12.0 Å². The number of benzene rings is 3. The van der Waals surface area contributed by atoms with Crippen LogP contribution in [-0.2, 0) is 16.0 Å². The third-order valence-corrected chi connectivity index (χ3v) is 6.67. The first-order valence-corrected chi connectivity index (χ1v) is 11.1. The Morgan fingerprint density at radius 2 is 1.58 bits per heavy atom. The van der Waals surface area contributed by atoms with Gasteiger partial charge in [0.2, 0.25) is 0 Å². The first-order valence-electron chi connectivity index (χ1n) is 11.1. The Hall–Kier alpha value is -3.57. The van der Waals surface area contributed by atoms with Crippen molar-refractivity contribution in [3.63, 3.8) is 0 Å². The zero-order valence-corrected chi connectivity index (χ0v) is 19.1. The molecule has 1 unspecified atom stereocenters. The lowest BCUT2D eigenvalue weighted by atomic mass is 9.89. The average Bonchev–Trinajstić information content (AvgIpc) is 3.02. The smallest absolute Gasteiger partial charge is 0.327 e. The third kappa shape index (κ3) is 3.58. The van der Waals surface area contributed by atoms with Gasteiger partial charge in [-0.1, -0.05) is 60.7 Å². The van der Waals surface area contributed by atoms with E-state index in [1.54, 1.807) is 14.2 Å². The van der Waals surface area contributed by atoms with Crippen LogP contribution in [-0.4, -0.2) is 38.7 Å². The molecule has 2 atom stereocenters. The van der Waals surface area contributed by atoms with E-state index in [1.807, 2.05) is 36.4 Å². The van der Waals surface area contributed by atoms with Gasteiger partial charge in [0, 0.05) is 6.54 Å². The van der Waals surface area contributed by atoms with Crippen LogP contribution in [0.1, 0.15) is 39.9 Å². The van der Waals surface area contributed by atoms with Crippen molar-refractivity contribution in [3.8, 4) is 11.5 Å². The lowest BCUT2D eigenvalue weighted by Gasteiger charge is -2.39. The van der Waals surface area contributed by atoms with Crippen molar-refractivity contribution >= 4 is 11.5 Å². The van der Waals surface area contributed by atoms with E-state index in [9.17, 15) is 4.79 Å². The fraction of sp³-hybridized carbons (Fsp3) is 0.250. The van der Waals surface area contributed by atoms with E-state index in [4.69, 9.17) is 14.2 Å². The lowest BCUT2D eigenvalue weighted by Crippen LogP contribution is -2.41. The Kier molecular flexibility index (Phi) is 5.65. The van der Waals surface area contributed by atoms with Crippen LogP contribution in [0.25, 0.3) is 5.57 Å². The van der Waals surface area contributed by atoms with Crippen LogP contribution in [0.15, 0.2) is 72.8 Å². The van der Waals surface area contributed by atoms with Gasteiger partial charge in [-0.05, 0) is 51.9 Å². The molecule has 0 fully saturated rings. The van der Waals surface area contributed by atoms with Crippen molar-refractivity contribution in [1.29, 1.82) is 0 Å². The molecule has 2 heterocycles. The van der Waals surface area contributed by atoms with Gasteiger partial charge < -0.3 is 14.2 Å². The minimum atomic E-state index is -0.505. The summed E-state index contributed by atoms with van der Waals surface area (Å²) in [6, 6.07) is 22.0. The van der Waals surface area contributed by atoms with E-state index in [0.717, 1.165) is 46.5 Å². The van der Waals surface area contributed by atoms with Crippen molar-refractivity contribution in [2.24, 2.45) is 0 Å². The van der Waals surface area contributed by atoms with Gasteiger partial charge in [-0.3, -0.25) is 4.90 Å². The first kappa shape index (κ1) is 21.3. The Bertz CT molecular complexity index is 1220. The molecule has 3 aromatic rings. The normalized spacial score (nSPS) is 19.3. The van der Waals surface area contributed by atoms with E-state index in [0.29, 0.717) is 5.75 Å². The van der Waals surface area contributed by atoms with Crippen molar-refractivity contribution in [2.75, 3.05) is 27.9 Å². The second kappa shape index (κ2) is 8.75. The van der Waals surface area contributed by atoms with Gasteiger partial charge in [0.15, 0.2) is 11.5 Å². The molecular formula is C28H27NO4. The molecule has 0 bridgehead atoms. The molecule has 0 saturated heterocycles. The third-order valence-electron chi connectivity index (χ3n) is 6.67. The molecule has 2 aliphatic rings. The minimum Gasteiger partial charge on any atom is -0.493 e. The molecule has 5 heteroatoms. The first-order chi connectivity index (χ1) is 16.2. The maximum absolute atomic E-state index is 13.2. The highest BCUT2D eigenvalue weighted by Crippen LogP contribution is 2.47. The van der Waals surface area contributed by atoms with Crippen LogP contribution in [0.2, 0.25) is 0 Å². The van der Waals surface area contributed by atoms with E-state index in [2.05, 4.69) is 41.3 Å². The maximum atomic E-state index is 13.2. The largest absolute Gasteiger partial charge is 0.493 e. The van der Waals surface area contributed by atoms with Gasteiger partial charge in [-0.2, -0.15) is 0 Å². The summed E-state index contributed by atoms with van der Waals surface area (Å²) in [5.74, 6) is 1.15.